The molecule has 1 aromatic heterocycles. The number of benzene rings is 1. The van der Waals surface area contributed by atoms with E-state index in [9.17, 15) is 13.2 Å². The number of halogens is 7. The first-order valence-electron chi connectivity index (χ1n) is 5.08. The third-order valence-electron chi connectivity index (χ3n) is 2.45. The topological polar surface area (TPSA) is 12.9 Å². The summed E-state index contributed by atoms with van der Waals surface area (Å²) in [6, 6.07) is 3.69. The Kier molecular flexibility index (Phi) is 4.40. The number of aromatic nitrogens is 1. The summed E-state index contributed by atoms with van der Waals surface area (Å²) in [5.74, 6) is 0. The first kappa shape index (κ1) is 15.7. The molecular weight excluding hydrogens is 357 g/mol. The molecule has 0 bridgehead atoms. The van der Waals surface area contributed by atoms with Gasteiger partial charge in [0.15, 0.2) is 0 Å². The van der Waals surface area contributed by atoms with Crippen molar-refractivity contribution in [1.29, 1.82) is 0 Å². The second-order valence-electron chi connectivity index (χ2n) is 3.77. The van der Waals surface area contributed by atoms with Crippen molar-refractivity contribution in [3.8, 4) is 11.3 Å². The molecule has 8 heteroatoms. The molecule has 0 unspecified atom stereocenters. The van der Waals surface area contributed by atoms with Gasteiger partial charge >= 0.3 is 6.18 Å². The van der Waals surface area contributed by atoms with E-state index in [0.29, 0.717) is 6.20 Å². The second-order valence-corrected chi connectivity index (χ2v) is 5.37. The van der Waals surface area contributed by atoms with Gasteiger partial charge in [-0.2, -0.15) is 13.2 Å². The number of alkyl halides is 3. The van der Waals surface area contributed by atoms with Gasteiger partial charge in [0.25, 0.3) is 0 Å². The molecule has 0 aliphatic carbocycles. The minimum absolute atomic E-state index is 0.0390. The van der Waals surface area contributed by atoms with E-state index in [1.807, 2.05) is 0 Å². The van der Waals surface area contributed by atoms with E-state index in [2.05, 4.69) is 4.98 Å². The average Bonchev–Trinajstić information content (AvgIpc) is 2.35. The Morgan fingerprint density at radius 2 is 1.50 bits per heavy atom. The predicted molar refractivity (Wildman–Crippen MR) is 74.7 cm³/mol. The average molecular weight is 361 g/mol. The Hall–Kier alpha value is -0.680. The third kappa shape index (κ3) is 2.98. The predicted octanol–water partition coefficient (Wildman–Crippen LogP) is 6.38. The minimum atomic E-state index is -4.53. The third-order valence-corrected chi connectivity index (χ3v) is 3.86. The maximum absolute atomic E-state index is 12.6. The molecule has 106 valence electrons. The maximum atomic E-state index is 12.6. The van der Waals surface area contributed by atoms with Crippen LogP contribution in [0.15, 0.2) is 24.4 Å². The van der Waals surface area contributed by atoms with Gasteiger partial charge in [0.2, 0.25) is 0 Å². The minimum Gasteiger partial charge on any atom is -0.254 e. The summed E-state index contributed by atoms with van der Waals surface area (Å²) in [6.45, 7) is 0. The molecule has 0 aliphatic heterocycles. The van der Waals surface area contributed by atoms with Crippen LogP contribution < -0.4 is 0 Å². The Morgan fingerprint density at radius 3 is 2.05 bits per heavy atom. The fourth-order valence-corrected chi connectivity index (χ4v) is 2.49. The highest BCUT2D eigenvalue weighted by molar-refractivity contribution is 6.46. The molecule has 2 aromatic rings. The Labute approximate surface area is 132 Å². The van der Waals surface area contributed by atoms with E-state index in [1.165, 1.54) is 12.1 Å². The number of hydrogen-bond acceptors (Lipinski definition) is 1. The summed E-state index contributed by atoms with van der Waals surface area (Å²) < 4.78 is 37.7. The van der Waals surface area contributed by atoms with Gasteiger partial charge < -0.3 is 0 Å². The summed E-state index contributed by atoms with van der Waals surface area (Å²) >= 11 is 23.7. The van der Waals surface area contributed by atoms with Crippen molar-refractivity contribution in [1.82, 2.24) is 4.98 Å². The van der Waals surface area contributed by atoms with Crippen molar-refractivity contribution >= 4 is 46.4 Å². The zero-order chi connectivity index (χ0) is 15.1. The maximum Gasteiger partial charge on any atom is 0.417 e. The van der Waals surface area contributed by atoms with E-state index < -0.39 is 11.7 Å². The standard InChI is InChI=1S/C12H4Cl4F3N/c13-6-1-2-7(14)10(16)9(6)11-8(15)3-5(4-20-11)12(17,18)19/h1-4H. The lowest BCUT2D eigenvalue weighted by Crippen LogP contribution is -2.06. The monoisotopic (exact) mass is 359 g/mol. The van der Waals surface area contributed by atoms with E-state index in [-0.39, 0.29) is 31.3 Å². The number of rotatable bonds is 1. The SMILES string of the molecule is FC(F)(F)c1cnc(-c2c(Cl)ccc(Cl)c2Cl)c(Cl)c1. The smallest absolute Gasteiger partial charge is 0.254 e. The van der Waals surface area contributed by atoms with Crippen LogP contribution in [0.3, 0.4) is 0 Å². The van der Waals surface area contributed by atoms with Crippen LogP contribution in [0.25, 0.3) is 11.3 Å². The molecule has 0 N–H and O–H groups in total. The summed E-state index contributed by atoms with van der Waals surface area (Å²) in [5.41, 5.74) is -0.725. The molecule has 0 saturated carbocycles. The lowest BCUT2D eigenvalue weighted by molar-refractivity contribution is -0.137. The Morgan fingerprint density at radius 1 is 0.900 bits per heavy atom. The molecule has 0 fully saturated rings. The molecule has 0 aliphatic rings. The normalized spacial score (nSPS) is 11.8. The van der Waals surface area contributed by atoms with Gasteiger partial charge in [-0.15, -0.1) is 0 Å². The molecule has 1 heterocycles. The Bertz CT molecular complexity index is 670. The number of pyridine rings is 1. The lowest BCUT2D eigenvalue weighted by Gasteiger charge is -2.12. The second kappa shape index (κ2) is 5.60. The van der Waals surface area contributed by atoms with Gasteiger partial charge in [0.05, 0.1) is 31.3 Å². The largest absolute Gasteiger partial charge is 0.417 e. The van der Waals surface area contributed by atoms with Crippen molar-refractivity contribution in [2.24, 2.45) is 0 Å². The lowest BCUT2D eigenvalue weighted by atomic mass is 10.1. The molecule has 0 spiro atoms. The van der Waals surface area contributed by atoms with Gasteiger partial charge in [0.1, 0.15) is 0 Å². The molecule has 1 aromatic carbocycles. The molecule has 20 heavy (non-hydrogen) atoms. The van der Waals surface area contributed by atoms with Crippen molar-refractivity contribution in [2.75, 3.05) is 0 Å². The fourth-order valence-electron chi connectivity index (χ4n) is 1.52. The highest BCUT2D eigenvalue weighted by Gasteiger charge is 2.32. The van der Waals surface area contributed by atoms with Crippen LogP contribution in [-0.4, -0.2) is 4.98 Å². The highest BCUT2D eigenvalue weighted by atomic mass is 35.5. The molecule has 0 radical (unpaired) electrons. The summed E-state index contributed by atoms with van der Waals surface area (Å²) in [6.07, 6.45) is -3.87. The van der Waals surface area contributed by atoms with Gasteiger partial charge in [0, 0.05) is 11.8 Å². The van der Waals surface area contributed by atoms with Crippen LogP contribution in [0, 0.1) is 0 Å². The van der Waals surface area contributed by atoms with Crippen LogP contribution >= 0.6 is 46.4 Å². The van der Waals surface area contributed by atoms with Crippen LogP contribution in [0.1, 0.15) is 5.56 Å². The molecule has 2 rings (SSSR count). The van der Waals surface area contributed by atoms with Crippen molar-refractivity contribution in [3.05, 3.63) is 50.0 Å². The number of hydrogen-bond donors (Lipinski definition) is 0. The molecule has 1 nitrogen and oxygen atoms in total. The first-order valence-corrected chi connectivity index (χ1v) is 6.59. The highest BCUT2D eigenvalue weighted by Crippen LogP contribution is 2.42. The molecule has 0 atom stereocenters. The molecular formula is C12H4Cl4F3N. The van der Waals surface area contributed by atoms with Crippen molar-refractivity contribution in [2.45, 2.75) is 6.18 Å². The molecule has 0 amide bonds. The zero-order valence-electron chi connectivity index (χ0n) is 9.40. The fraction of sp³-hybridized carbons (Fsp3) is 0.0833. The first-order chi connectivity index (χ1) is 9.21. The van der Waals surface area contributed by atoms with Gasteiger partial charge in [-0.05, 0) is 18.2 Å². The summed E-state index contributed by atoms with van der Waals surface area (Å²) in [4.78, 5) is 3.70. The van der Waals surface area contributed by atoms with Gasteiger partial charge in [-0.25, -0.2) is 0 Å². The number of nitrogens with zero attached hydrogens (tertiary/aromatic N) is 1. The van der Waals surface area contributed by atoms with E-state index >= 15 is 0 Å². The van der Waals surface area contributed by atoms with E-state index in [4.69, 9.17) is 46.4 Å². The van der Waals surface area contributed by atoms with Gasteiger partial charge in [-0.1, -0.05) is 46.4 Å². The quantitative estimate of drug-likeness (QED) is 0.537. The zero-order valence-corrected chi connectivity index (χ0v) is 12.4. The van der Waals surface area contributed by atoms with E-state index in [0.717, 1.165) is 6.07 Å². The van der Waals surface area contributed by atoms with E-state index in [1.54, 1.807) is 0 Å². The van der Waals surface area contributed by atoms with Crippen molar-refractivity contribution < 1.29 is 13.2 Å². The van der Waals surface area contributed by atoms with Gasteiger partial charge in [-0.3, -0.25) is 4.98 Å². The summed E-state index contributed by atoms with van der Waals surface area (Å²) in [5, 5.41) is 0.247. The summed E-state index contributed by atoms with van der Waals surface area (Å²) in [7, 11) is 0. The van der Waals surface area contributed by atoms with Crippen molar-refractivity contribution in [3.63, 3.8) is 0 Å². The van der Waals surface area contributed by atoms with Crippen LogP contribution in [0.5, 0.6) is 0 Å². The molecule has 0 saturated heterocycles. The van der Waals surface area contributed by atoms with Crippen LogP contribution in [0.2, 0.25) is 20.1 Å². The van der Waals surface area contributed by atoms with Crippen LogP contribution in [0.4, 0.5) is 13.2 Å². The Balaban J connectivity index is 2.64. The van der Waals surface area contributed by atoms with Crippen LogP contribution in [-0.2, 0) is 6.18 Å².